The topological polar surface area (TPSA) is 58.4 Å². The van der Waals surface area contributed by atoms with Crippen molar-refractivity contribution in [3.05, 3.63) is 10.9 Å². The van der Waals surface area contributed by atoms with Gasteiger partial charge in [-0.05, 0) is 38.4 Å². The van der Waals surface area contributed by atoms with Crippen molar-refractivity contribution in [1.29, 1.82) is 0 Å². The molecule has 0 radical (unpaired) electrons. The fourth-order valence-electron chi connectivity index (χ4n) is 2.45. The number of ketones is 1. The number of nitrogens with one attached hydrogen (secondary N) is 1. The molecule has 0 spiro atoms. The Morgan fingerprint density at radius 3 is 2.70 bits per heavy atom. The second-order valence-corrected chi connectivity index (χ2v) is 7.84. The Morgan fingerprint density at radius 2 is 2.15 bits per heavy atom. The number of anilines is 2. The molecule has 0 saturated heterocycles. The smallest absolute Gasteiger partial charge is 0.178 e. The highest BCUT2D eigenvalue weighted by atomic mass is 32.1. The summed E-state index contributed by atoms with van der Waals surface area (Å²) in [5.74, 6) is 0.460. The lowest BCUT2D eigenvalue weighted by Gasteiger charge is -2.28. The van der Waals surface area contributed by atoms with Crippen molar-refractivity contribution in [3.8, 4) is 0 Å². The summed E-state index contributed by atoms with van der Waals surface area (Å²) in [7, 11) is 4.16. The summed E-state index contributed by atoms with van der Waals surface area (Å²) in [5.41, 5.74) is 6.76. The van der Waals surface area contributed by atoms with E-state index in [0.717, 1.165) is 35.8 Å². The average Bonchev–Trinajstić information content (AvgIpc) is 3.08. The minimum atomic E-state index is 0.170. The molecular weight excluding hydrogens is 270 g/mol. The predicted molar refractivity (Wildman–Crippen MR) is 86.6 cm³/mol. The first-order chi connectivity index (χ1) is 9.28. The average molecular weight is 295 g/mol. The normalized spacial score (nSPS) is 15.7. The SMILES string of the molecule is CN(C)CC(C)(C)CNc1cc(N)c(C(=O)C2CC2)s1. The molecule has 1 aromatic heterocycles. The molecule has 1 aliphatic rings. The number of nitrogens with two attached hydrogens (primary N) is 1. The number of thiophene rings is 1. The van der Waals surface area contributed by atoms with Crippen LogP contribution < -0.4 is 11.1 Å². The maximum atomic E-state index is 12.1. The zero-order valence-corrected chi connectivity index (χ0v) is 13.6. The van der Waals surface area contributed by atoms with Gasteiger partial charge in [0.15, 0.2) is 5.78 Å². The summed E-state index contributed by atoms with van der Waals surface area (Å²) in [5, 5.41) is 4.42. The zero-order chi connectivity index (χ0) is 14.9. The van der Waals surface area contributed by atoms with E-state index in [-0.39, 0.29) is 17.1 Å². The highest BCUT2D eigenvalue weighted by Gasteiger charge is 2.32. The maximum absolute atomic E-state index is 12.1. The first-order valence-corrected chi connectivity index (χ1v) is 7.92. The Labute approximate surface area is 125 Å². The third-order valence-electron chi connectivity index (χ3n) is 3.42. The molecule has 1 heterocycles. The molecule has 0 amide bonds. The van der Waals surface area contributed by atoms with Gasteiger partial charge in [0.2, 0.25) is 0 Å². The van der Waals surface area contributed by atoms with Gasteiger partial charge in [0.1, 0.15) is 0 Å². The van der Waals surface area contributed by atoms with Gasteiger partial charge in [0.25, 0.3) is 0 Å². The van der Waals surface area contributed by atoms with E-state index in [1.807, 2.05) is 6.07 Å². The van der Waals surface area contributed by atoms with Gasteiger partial charge in [-0.15, -0.1) is 11.3 Å². The van der Waals surface area contributed by atoms with Gasteiger partial charge < -0.3 is 16.0 Å². The van der Waals surface area contributed by atoms with Gasteiger partial charge >= 0.3 is 0 Å². The summed E-state index contributed by atoms with van der Waals surface area (Å²) in [6.07, 6.45) is 2.05. The third kappa shape index (κ3) is 3.96. The molecule has 1 fully saturated rings. The fourth-order valence-corrected chi connectivity index (χ4v) is 3.45. The molecular formula is C15H25N3OS. The third-order valence-corrected chi connectivity index (χ3v) is 4.54. The summed E-state index contributed by atoms with van der Waals surface area (Å²) in [6, 6.07) is 1.89. The fraction of sp³-hybridized carbons (Fsp3) is 0.667. The maximum Gasteiger partial charge on any atom is 0.178 e. The van der Waals surface area contributed by atoms with E-state index in [0.29, 0.717) is 5.69 Å². The molecule has 1 saturated carbocycles. The molecule has 0 unspecified atom stereocenters. The van der Waals surface area contributed by atoms with Gasteiger partial charge in [0, 0.05) is 19.0 Å². The van der Waals surface area contributed by atoms with Crippen LogP contribution >= 0.6 is 11.3 Å². The van der Waals surface area contributed by atoms with Crippen molar-refractivity contribution in [2.24, 2.45) is 11.3 Å². The lowest BCUT2D eigenvalue weighted by atomic mass is 9.93. The molecule has 2 rings (SSSR count). The Morgan fingerprint density at radius 1 is 1.50 bits per heavy atom. The lowest BCUT2D eigenvalue weighted by molar-refractivity contribution is 0.0972. The first kappa shape index (κ1) is 15.3. The Hall–Kier alpha value is -1.07. The lowest BCUT2D eigenvalue weighted by Crippen LogP contribution is -2.34. The van der Waals surface area contributed by atoms with Crippen LogP contribution in [0.1, 0.15) is 36.4 Å². The molecule has 0 aromatic carbocycles. The highest BCUT2D eigenvalue weighted by molar-refractivity contribution is 7.18. The van der Waals surface area contributed by atoms with E-state index in [4.69, 9.17) is 5.73 Å². The van der Waals surface area contributed by atoms with Crippen LogP contribution in [0.4, 0.5) is 10.7 Å². The van der Waals surface area contributed by atoms with Crippen LogP contribution in [0.15, 0.2) is 6.07 Å². The summed E-state index contributed by atoms with van der Waals surface area (Å²) in [4.78, 5) is 15.0. The van der Waals surface area contributed by atoms with Crippen LogP contribution in [0.5, 0.6) is 0 Å². The monoisotopic (exact) mass is 295 g/mol. The minimum absolute atomic E-state index is 0.170. The van der Waals surface area contributed by atoms with E-state index >= 15 is 0 Å². The largest absolute Gasteiger partial charge is 0.397 e. The second-order valence-electron chi connectivity index (χ2n) is 6.79. The van der Waals surface area contributed by atoms with Crippen LogP contribution in [0.25, 0.3) is 0 Å². The summed E-state index contributed by atoms with van der Waals surface area (Å²) in [6.45, 7) is 6.33. The van der Waals surface area contributed by atoms with E-state index in [2.05, 4.69) is 38.2 Å². The number of rotatable bonds is 7. The van der Waals surface area contributed by atoms with Gasteiger partial charge in [-0.2, -0.15) is 0 Å². The Balaban J connectivity index is 1.96. The van der Waals surface area contributed by atoms with Crippen molar-refractivity contribution in [2.75, 3.05) is 38.2 Å². The van der Waals surface area contributed by atoms with Gasteiger partial charge in [-0.3, -0.25) is 4.79 Å². The van der Waals surface area contributed by atoms with Crippen molar-refractivity contribution in [3.63, 3.8) is 0 Å². The van der Waals surface area contributed by atoms with Crippen LogP contribution in [0.3, 0.4) is 0 Å². The molecule has 1 aliphatic carbocycles. The molecule has 0 atom stereocenters. The molecule has 5 heteroatoms. The van der Waals surface area contributed by atoms with Crippen LogP contribution in [-0.4, -0.2) is 37.9 Å². The van der Waals surface area contributed by atoms with E-state index < -0.39 is 0 Å². The van der Waals surface area contributed by atoms with E-state index in [9.17, 15) is 4.79 Å². The Kier molecular flexibility index (Phi) is 4.39. The quantitative estimate of drug-likeness (QED) is 0.759. The van der Waals surface area contributed by atoms with Crippen molar-refractivity contribution < 1.29 is 4.79 Å². The van der Waals surface area contributed by atoms with E-state index in [1.54, 1.807) is 0 Å². The molecule has 20 heavy (non-hydrogen) atoms. The van der Waals surface area contributed by atoms with Crippen molar-refractivity contribution >= 4 is 27.8 Å². The number of nitrogen functional groups attached to an aromatic ring is 1. The van der Waals surface area contributed by atoms with Gasteiger partial charge in [0.05, 0.1) is 15.6 Å². The standard InChI is InChI=1S/C15H25N3OS/c1-15(2,9-18(3)4)8-17-12-7-11(16)14(20-12)13(19)10-5-6-10/h7,10,17H,5-6,8-9,16H2,1-4H3. The second kappa shape index (κ2) is 5.74. The molecule has 1 aromatic rings. The van der Waals surface area contributed by atoms with Gasteiger partial charge in [-0.1, -0.05) is 13.8 Å². The number of hydrogen-bond acceptors (Lipinski definition) is 5. The molecule has 112 valence electrons. The van der Waals surface area contributed by atoms with Gasteiger partial charge in [-0.25, -0.2) is 0 Å². The molecule has 4 nitrogen and oxygen atoms in total. The van der Waals surface area contributed by atoms with Crippen LogP contribution in [0.2, 0.25) is 0 Å². The number of carbonyl (C=O) groups is 1. The van der Waals surface area contributed by atoms with Crippen molar-refractivity contribution in [2.45, 2.75) is 26.7 Å². The van der Waals surface area contributed by atoms with Crippen LogP contribution in [0, 0.1) is 11.3 Å². The number of nitrogens with zero attached hydrogens (tertiary/aromatic N) is 1. The van der Waals surface area contributed by atoms with E-state index in [1.165, 1.54) is 11.3 Å². The molecule has 3 N–H and O–H groups in total. The number of hydrogen-bond donors (Lipinski definition) is 2. The number of carbonyl (C=O) groups excluding carboxylic acids is 1. The highest BCUT2D eigenvalue weighted by Crippen LogP contribution is 2.38. The molecule has 0 aliphatic heterocycles. The minimum Gasteiger partial charge on any atom is -0.397 e. The Bertz CT molecular complexity index is 489. The predicted octanol–water partition coefficient (Wildman–Crippen LogP) is 2.92. The van der Waals surface area contributed by atoms with Crippen LogP contribution in [-0.2, 0) is 0 Å². The number of Topliss-reactive ketones (excluding diaryl/α,β-unsaturated/α-hetero) is 1. The summed E-state index contributed by atoms with van der Waals surface area (Å²) >= 11 is 1.50. The zero-order valence-electron chi connectivity index (χ0n) is 12.8. The molecule has 0 bridgehead atoms. The van der Waals surface area contributed by atoms with Crippen molar-refractivity contribution in [1.82, 2.24) is 4.90 Å². The first-order valence-electron chi connectivity index (χ1n) is 7.10. The summed E-state index contributed by atoms with van der Waals surface area (Å²) < 4.78 is 0.